The van der Waals surface area contributed by atoms with E-state index in [9.17, 15) is 19.4 Å². The van der Waals surface area contributed by atoms with Gasteiger partial charge in [-0.3, -0.25) is 9.36 Å². The Morgan fingerprint density at radius 3 is 1.11 bits per heavy atom. The van der Waals surface area contributed by atoms with E-state index in [-0.39, 0.29) is 12.5 Å². The second-order valence-electron chi connectivity index (χ2n) is 25.2. The number of aliphatic hydroxyl groups is 1. The summed E-state index contributed by atoms with van der Waals surface area (Å²) < 4.78 is 23.4. The van der Waals surface area contributed by atoms with Gasteiger partial charge in [-0.1, -0.05) is 323 Å². The molecule has 0 saturated carbocycles. The molecule has 0 spiro atoms. The van der Waals surface area contributed by atoms with Gasteiger partial charge in [-0.2, -0.15) is 0 Å². The molecule has 0 aromatic rings. The van der Waals surface area contributed by atoms with Gasteiger partial charge in [-0.15, -0.1) is 0 Å². The van der Waals surface area contributed by atoms with Crippen LogP contribution in [-0.4, -0.2) is 68.5 Å². The summed E-state index contributed by atoms with van der Waals surface area (Å²) in [5, 5.41) is 13.9. The molecule has 0 aliphatic carbocycles. The highest BCUT2D eigenvalue weighted by atomic mass is 31.2. The van der Waals surface area contributed by atoms with E-state index in [1.165, 1.54) is 225 Å². The molecule has 3 atom stereocenters. The monoisotopic (exact) mass is 1190 g/mol. The molecule has 2 N–H and O–H groups in total. The van der Waals surface area contributed by atoms with Gasteiger partial charge in [0.05, 0.1) is 39.9 Å². The fraction of sp³-hybridized carbons (Fsp3) is 0.773. The largest absolute Gasteiger partial charge is 0.756 e. The normalized spacial score (nSPS) is 14.2. The SMILES string of the molecule is CC/C=C\C/C=C\C/C=C\C/C=C\C/C=C\CCCCCCCCCCCCCCCCCCCC(=O)NC(COP(=O)([O-])OCC[N+](C)(C)C)C(O)/C=C/CC/C=C/CC/C=C/CCCCCCCCCCCCCCCCCCCCC. The number of aliphatic hydroxyl groups excluding tert-OH is 1. The fourth-order valence-electron chi connectivity index (χ4n) is 10.3. The van der Waals surface area contributed by atoms with Crippen LogP contribution in [0.3, 0.4) is 0 Å². The van der Waals surface area contributed by atoms with E-state index in [1.54, 1.807) is 6.08 Å². The Morgan fingerprint density at radius 2 is 0.738 bits per heavy atom. The molecule has 0 aliphatic heterocycles. The van der Waals surface area contributed by atoms with Gasteiger partial charge in [-0.05, 0) is 89.9 Å². The molecule has 0 fully saturated rings. The Hall–Kier alpha value is -2.58. The number of nitrogens with zero attached hydrogens (tertiary/aromatic N) is 1. The topological polar surface area (TPSA) is 108 Å². The molecule has 84 heavy (non-hydrogen) atoms. The van der Waals surface area contributed by atoms with Crippen molar-refractivity contribution in [2.45, 2.75) is 334 Å². The van der Waals surface area contributed by atoms with Crippen molar-refractivity contribution in [3.05, 3.63) is 97.2 Å². The summed E-state index contributed by atoms with van der Waals surface area (Å²) in [6.45, 7) is 4.54. The average molecular weight is 1190 g/mol. The first kappa shape index (κ1) is 81.4. The molecule has 0 bridgehead atoms. The second-order valence-corrected chi connectivity index (χ2v) is 26.6. The van der Waals surface area contributed by atoms with E-state index in [4.69, 9.17) is 9.05 Å². The lowest BCUT2D eigenvalue weighted by molar-refractivity contribution is -0.870. The number of carbonyl (C=O) groups is 1. The number of quaternary nitrogens is 1. The van der Waals surface area contributed by atoms with Gasteiger partial charge >= 0.3 is 0 Å². The number of allylic oxidation sites excluding steroid dienone is 15. The zero-order valence-electron chi connectivity index (χ0n) is 55.8. The summed E-state index contributed by atoms with van der Waals surface area (Å²) in [4.78, 5) is 25.6. The van der Waals surface area contributed by atoms with E-state index < -0.39 is 26.6 Å². The number of likely N-dealkylation sites (N-methyl/N-ethyl adjacent to an activating group) is 1. The Morgan fingerprint density at radius 1 is 0.429 bits per heavy atom. The van der Waals surface area contributed by atoms with E-state index in [0.717, 1.165) is 77.0 Å². The summed E-state index contributed by atoms with van der Waals surface area (Å²) in [5.74, 6) is -0.210. The predicted octanol–water partition coefficient (Wildman–Crippen LogP) is 22.3. The molecule has 0 rings (SSSR count). The highest BCUT2D eigenvalue weighted by molar-refractivity contribution is 7.45. The fourth-order valence-corrected chi connectivity index (χ4v) is 11.0. The van der Waals surface area contributed by atoms with Crippen LogP contribution in [0.2, 0.25) is 0 Å². The van der Waals surface area contributed by atoms with Crippen LogP contribution >= 0.6 is 7.82 Å². The van der Waals surface area contributed by atoms with Gasteiger partial charge in [0.1, 0.15) is 13.2 Å². The number of amides is 1. The van der Waals surface area contributed by atoms with Gasteiger partial charge < -0.3 is 28.8 Å². The molecule has 0 aromatic heterocycles. The molecule has 0 aromatic carbocycles. The van der Waals surface area contributed by atoms with Gasteiger partial charge in [0.25, 0.3) is 7.82 Å². The summed E-state index contributed by atoms with van der Waals surface area (Å²) in [6, 6.07) is -0.916. The van der Waals surface area contributed by atoms with Crippen LogP contribution in [-0.2, 0) is 18.4 Å². The quantitative estimate of drug-likeness (QED) is 0.0272. The number of unbranched alkanes of at least 4 members (excludes halogenated alkanes) is 38. The molecule has 0 aliphatic rings. The molecular formula is C75H137N2O6P. The van der Waals surface area contributed by atoms with E-state index in [0.29, 0.717) is 17.4 Å². The zero-order chi connectivity index (χ0) is 61.2. The molecular weight excluding hydrogens is 1060 g/mol. The van der Waals surface area contributed by atoms with Crippen LogP contribution in [0.25, 0.3) is 0 Å². The molecule has 488 valence electrons. The van der Waals surface area contributed by atoms with Crippen molar-refractivity contribution in [2.24, 2.45) is 0 Å². The predicted molar refractivity (Wildman–Crippen MR) is 366 cm³/mol. The lowest BCUT2D eigenvalue weighted by Gasteiger charge is -2.29. The lowest BCUT2D eigenvalue weighted by atomic mass is 10.0. The minimum absolute atomic E-state index is 0.0114. The van der Waals surface area contributed by atoms with E-state index >= 15 is 0 Å². The second kappa shape index (κ2) is 64.9. The number of phosphoric ester groups is 1. The third kappa shape index (κ3) is 66.9. The zero-order valence-corrected chi connectivity index (χ0v) is 56.7. The summed E-state index contributed by atoms with van der Waals surface area (Å²) in [5.41, 5.74) is 0. The lowest BCUT2D eigenvalue weighted by Crippen LogP contribution is -2.45. The molecule has 3 unspecified atom stereocenters. The van der Waals surface area contributed by atoms with Crippen LogP contribution in [0.5, 0.6) is 0 Å². The highest BCUT2D eigenvalue weighted by Gasteiger charge is 2.23. The third-order valence-corrected chi connectivity index (χ3v) is 16.7. The van der Waals surface area contributed by atoms with Gasteiger partial charge in [-0.25, -0.2) is 0 Å². The standard InChI is InChI=1S/C75H137N2O6P/c1-6-8-10-12-14-16-18-20-22-24-26-28-30-32-34-36-37-38-39-41-43-45-47-49-51-53-55-57-59-61-63-65-67-69-75(79)76-73(72-83-84(80,81)82-71-70-77(3,4)5)74(78)68-66-64-62-60-58-56-54-52-50-48-46-44-42-40-35-33-31-29-27-25-23-21-19-17-15-13-11-9-7-2/h8,10,14,16,20,22,26,28,32,34,50,52,58,60,66,68,73-74,78H,6-7,9,11-13,15,17-19,21,23-25,27,29-31,33,35-49,51,53-57,59,61-65,67,69-72H2,1-5H3,(H-,76,79,80,81)/b10-8-,16-14-,22-20-,28-26-,34-32-,52-50+,60-58+,68-66+. The Bertz CT molecular complexity index is 1690. The van der Waals surface area contributed by atoms with Gasteiger partial charge in [0.15, 0.2) is 0 Å². The van der Waals surface area contributed by atoms with Crippen LogP contribution in [0.4, 0.5) is 0 Å². The Kier molecular flexibility index (Phi) is 62.9. The van der Waals surface area contributed by atoms with Crippen LogP contribution in [0.1, 0.15) is 322 Å². The molecule has 0 radical (unpaired) electrons. The number of phosphoric acid groups is 1. The van der Waals surface area contributed by atoms with Crippen molar-refractivity contribution in [1.29, 1.82) is 0 Å². The van der Waals surface area contributed by atoms with Crippen LogP contribution < -0.4 is 10.2 Å². The first-order valence-corrected chi connectivity index (χ1v) is 37.1. The summed E-state index contributed by atoms with van der Waals surface area (Å²) in [6.07, 6.45) is 94.0. The van der Waals surface area contributed by atoms with Crippen LogP contribution in [0.15, 0.2) is 97.2 Å². The molecule has 0 saturated heterocycles. The number of rotatable bonds is 65. The maximum atomic E-state index is 13.0. The first-order valence-electron chi connectivity index (χ1n) is 35.6. The number of carbonyl (C=O) groups excluding carboxylic acids is 1. The van der Waals surface area contributed by atoms with Crippen molar-refractivity contribution < 1.29 is 32.9 Å². The minimum Gasteiger partial charge on any atom is -0.756 e. The maximum absolute atomic E-state index is 13.0. The van der Waals surface area contributed by atoms with Gasteiger partial charge in [0.2, 0.25) is 5.91 Å². The average Bonchev–Trinajstić information content (AvgIpc) is 3.56. The van der Waals surface area contributed by atoms with E-state index in [1.807, 2.05) is 27.2 Å². The molecule has 8 nitrogen and oxygen atoms in total. The summed E-state index contributed by atoms with van der Waals surface area (Å²) >= 11 is 0. The van der Waals surface area contributed by atoms with Gasteiger partial charge in [0, 0.05) is 6.42 Å². The number of hydrogen-bond donors (Lipinski definition) is 2. The van der Waals surface area contributed by atoms with Crippen LogP contribution in [0, 0.1) is 0 Å². The Balaban J connectivity index is 4.12. The smallest absolute Gasteiger partial charge is 0.268 e. The van der Waals surface area contributed by atoms with Crippen molar-refractivity contribution in [1.82, 2.24) is 5.32 Å². The third-order valence-electron chi connectivity index (χ3n) is 15.8. The van der Waals surface area contributed by atoms with Crippen molar-refractivity contribution in [3.8, 4) is 0 Å². The summed E-state index contributed by atoms with van der Waals surface area (Å²) in [7, 11) is 1.24. The molecule has 9 heteroatoms. The maximum Gasteiger partial charge on any atom is 0.268 e. The van der Waals surface area contributed by atoms with Crippen molar-refractivity contribution in [3.63, 3.8) is 0 Å². The first-order chi connectivity index (χ1) is 41.0. The Labute approximate surface area is 521 Å². The molecule has 0 heterocycles. The number of hydrogen-bond acceptors (Lipinski definition) is 6. The minimum atomic E-state index is -4.62. The van der Waals surface area contributed by atoms with Crippen molar-refractivity contribution >= 4 is 13.7 Å². The highest BCUT2D eigenvalue weighted by Crippen LogP contribution is 2.38. The van der Waals surface area contributed by atoms with E-state index in [2.05, 4.69) is 104 Å². The number of nitrogens with one attached hydrogen (secondary N) is 1. The van der Waals surface area contributed by atoms with Crippen molar-refractivity contribution in [2.75, 3.05) is 40.9 Å². The molecule has 1 amide bonds.